The summed E-state index contributed by atoms with van der Waals surface area (Å²) in [6, 6.07) is 9.18. The number of rotatable bonds is 7. The first-order valence-electron chi connectivity index (χ1n) is 10.9. The minimum atomic E-state index is -0.277. The number of hydrogen-bond acceptors (Lipinski definition) is 8. The molecule has 3 aromatic rings. The van der Waals surface area contributed by atoms with Crippen molar-refractivity contribution < 1.29 is 19.1 Å². The fourth-order valence-electron chi connectivity index (χ4n) is 3.95. The van der Waals surface area contributed by atoms with Gasteiger partial charge in [0.05, 0.1) is 37.7 Å². The Labute approximate surface area is 201 Å². The first-order chi connectivity index (χ1) is 16.4. The average Bonchev–Trinajstić information content (AvgIpc) is 3.25. The van der Waals surface area contributed by atoms with Crippen LogP contribution in [0, 0.1) is 12.8 Å². The van der Waals surface area contributed by atoms with Crippen LogP contribution < -0.4 is 25.4 Å². The molecule has 1 unspecified atom stereocenters. The number of ether oxygens (including phenoxy) is 2. The Balaban J connectivity index is 1.46. The normalized spacial score (nSPS) is 15.6. The van der Waals surface area contributed by atoms with Crippen molar-refractivity contribution in [2.24, 2.45) is 11.7 Å². The van der Waals surface area contributed by atoms with Crippen molar-refractivity contribution in [2.45, 2.75) is 19.8 Å². The summed E-state index contributed by atoms with van der Waals surface area (Å²) in [5.41, 5.74) is 7.53. The average molecular weight is 482 g/mol. The summed E-state index contributed by atoms with van der Waals surface area (Å²) >= 11 is 1.31. The Hall–Kier alpha value is -3.66. The van der Waals surface area contributed by atoms with Gasteiger partial charge < -0.3 is 25.4 Å². The lowest BCUT2D eigenvalue weighted by atomic mass is 9.97. The van der Waals surface area contributed by atoms with Crippen LogP contribution in [-0.2, 0) is 4.79 Å². The van der Waals surface area contributed by atoms with Crippen LogP contribution in [0.2, 0.25) is 0 Å². The highest BCUT2D eigenvalue weighted by Gasteiger charge is 2.25. The second-order valence-corrected chi connectivity index (χ2v) is 9.05. The number of nitrogens with zero attached hydrogens (tertiary/aromatic N) is 3. The summed E-state index contributed by atoms with van der Waals surface area (Å²) in [7, 11) is 3.16. The highest BCUT2D eigenvalue weighted by Crippen LogP contribution is 2.35. The number of piperidine rings is 1. The predicted molar refractivity (Wildman–Crippen MR) is 132 cm³/mol. The predicted octanol–water partition coefficient (Wildman–Crippen LogP) is 3.48. The van der Waals surface area contributed by atoms with Crippen molar-refractivity contribution in [3.05, 3.63) is 47.1 Å². The number of pyridine rings is 1. The van der Waals surface area contributed by atoms with Crippen LogP contribution in [0.15, 0.2) is 36.5 Å². The number of carbonyl (C=O) groups is 2. The Kier molecular flexibility index (Phi) is 6.97. The number of thiazole rings is 1. The highest BCUT2D eigenvalue weighted by atomic mass is 32.1. The van der Waals surface area contributed by atoms with Gasteiger partial charge in [-0.05, 0) is 50.1 Å². The molecular formula is C24H27N5O4S. The quantitative estimate of drug-likeness (QED) is 0.530. The summed E-state index contributed by atoms with van der Waals surface area (Å²) < 4.78 is 10.7. The van der Waals surface area contributed by atoms with Gasteiger partial charge in [-0.3, -0.25) is 9.59 Å². The van der Waals surface area contributed by atoms with Crippen LogP contribution in [0.3, 0.4) is 0 Å². The van der Waals surface area contributed by atoms with Gasteiger partial charge in [0, 0.05) is 18.7 Å². The van der Waals surface area contributed by atoms with E-state index in [1.807, 2.05) is 36.1 Å². The van der Waals surface area contributed by atoms with Gasteiger partial charge in [0.2, 0.25) is 5.91 Å². The minimum absolute atomic E-state index is 0.163. The van der Waals surface area contributed by atoms with Gasteiger partial charge in [-0.2, -0.15) is 0 Å². The van der Waals surface area contributed by atoms with E-state index >= 15 is 0 Å². The number of nitrogens with one attached hydrogen (secondary N) is 1. The first kappa shape index (κ1) is 23.5. The van der Waals surface area contributed by atoms with Gasteiger partial charge in [-0.15, -0.1) is 11.3 Å². The summed E-state index contributed by atoms with van der Waals surface area (Å²) in [6.07, 6.45) is 3.31. The molecule has 0 spiro atoms. The number of aromatic nitrogens is 2. The largest absolute Gasteiger partial charge is 0.493 e. The van der Waals surface area contributed by atoms with Gasteiger partial charge in [0.1, 0.15) is 15.7 Å². The van der Waals surface area contributed by atoms with Crippen molar-refractivity contribution in [1.29, 1.82) is 0 Å². The number of nitrogens with two attached hydrogens (primary N) is 1. The van der Waals surface area contributed by atoms with Crippen LogP contribution in [0.5, 0.6) is 11.5 Å². The third kappa shape index (κ3) is 4.96. The zero-order chi connectivity index (χ0) is 24.2. The molecule has 34 heavy (non-hydrogen) atoms. The minimum Gasteiger partial charge on any atom is -0.493 e. The van der Waals surface area contributed by atoms with Gasteiger partial charge in [-0.1, -0.05) is 0 Å². The Morgan fingerprint density at radius 2 is 1.97 bits per heavy atom. The van der Waals surface area contributed by atoms with Crippen molar-refractivity contribution >= 4 is 34.7 Å². The molecule has 1 aliphatic heterocycles. The van der Waals surface area contributed by atoms with Gasteiger partial charge in [-0.25, -0.2) is 9.97 Å². The molecule has 3 heterocycles. The van der Waals surface area contributed by atoms with Crippen molar-refractivity contribution in [2.75, 3.05) is 37.5 Å². The molecule has 2 amide bonds. The number of anilines is 2. The fourth-order valence-corrected chi connectivity index (χ4v) is 4.91. The van der Waals surface area contributed by atoms with Gasteiger partial charge >= 0.3 is 0 Å². The smallest absolute Gasteiger partial charge is 0.267 e. The summed E-state index contributed by atoms with van der Waals surface area (Å²) in [4.78, 5) is 36.1. The lowest BCUT2D eigenvalue weighted by Crippen LogP contribution is -2.41. The topological polar surface area (TPSA) is 120 Å². The molecule has 1 aliphatic rings. The zero-order valence-electron chi connectivity index (χ0n) is 19.3. The lowest BCUT2D eigenvalue weighted by Gasteiger charge is -2.32. The highest BCUT2D eigenvalue weighted by molar-refractivity contribution is 7.17. The lowest BCUT2D eigenvalue weighted by molar-refractivity contribution is -0.122. The SMILES string of the molecule is COc1ccc(-c2nc(C)c(C(=O)Nc3ccc(N4CCCC(C(N)=O)C4)nc3)s2)cc1OC. The van der Waals surface area contributed by atoms with E-state index in [1.54, 1.807) is 26.5 Å². The number of benzene rings is 1. The second-order valence-electron chi connectivity index (χ2n) is 8.05. The van der Waals surface area contributed by atoms with E-state index in [9.17, 15) is 9.59 Å². The molecule has 3 N–H and O–H groups in total. The number of amides is 2. The molecule has 4 rings (SSSR count). The van der Waals surface area contributed by atoms with Gasteiger partial charge in [0.15, 0.2) is 11.5 Å². The maximum absolute atomic E-state index is 12.9. The number of aryl methyl sites for hydroxylation is 1. The van der Waals surface area contributed by atoms with Gasteiger partial charge in [0.25, 0.3) is 5.91 Å². The van der Waals surface area contributed by atoms with Crippen molar-refractivity contribution in [3.8, 4) is 22.1 Å². The van der Waals surface area contributed by atoms with E-state index in [0.29, 0.717) is 39.3 Å². The third-order valence-electron chi connectivity index (χ3n) is 5.79. The molecular weight excluding hydrogens is 454 g/mol. The number of methoxy groups -OCH3 is 2. The van der Waals surface area contributed by atoms with E-state index < -0.39 is 0 Å². The maximum Gasteiger partial charge on any atom is 0.267 e. The fraction of sp³-hybridized carbons (Fsp3) is 0.333. The molecule has 9 nitrogen and oxygen atoms in total. The molecule has 1 atom stereocenters. The molecule has 1 saturated heterocycles. The number of primary amides is 1. The Morgan fingerprint density at radius 3 is 2.65 bits per heavy atom. The Bertz CT molecular complexity index is 1190. The van der Waals surface area contributed by atoms with E-state index in [0.717, 1.165) is 30.8 Å². The maximum atomic E-state index is 12.9. The molecule has 0 saturated carbocycles. The summed E-state index contributed by atoms with van der Waals surface area (Å²) in [5, 5.41) is 3.61. The van der Waals surface area contributed by atoms with Crippen LogP contribution in [0.4, 0.5) is 11.5 Å². The van der Waals surface area contributed by atoms with Crippen LogP contribution in [0.25, 0.3) is 10.6 Å². The first-order valence-corrected chi connectivity index (χ1v) is 11.7. The van der Waals surface area contributed by atoms with Crippen LogP contribution in [0.1, 0.15) is 28.2 Å². The monoisotopic (exact) mass is 481 g/mol. The van der Waals surface area contributed by atoms with Crippen molar-refractivity contribution in [3.63, 3.8) is 0 Å². The second kappa shape index (κ2) is 10.1. The molecule has 0 aliphatic carbocycles. The van der Waals surface area contributed by atoms with Crippen molar-refractivity contribution in [1.82, 2.24) is 9.97 Å². The van der Waals surface area contributed by atoms with E-state index in [-0.39, 0.29) is 17.7 Å². The molecule has 10 heteroatoms. The van der Waals surface area contributed by atoms with E-state index in [2.05, 4.69) is 15.3 Å². The Morgan fingerprint density at radius 1 is 1.18 bits per heavy atom. The van der Waals surface area contributed by atoms with Crippen LogP contribution >= 0.6 is 11.3 Å². The molecule has 2 aromatic heterocycles. The van der Waals surface area contributed by atoms with E-state index in [1.165, 1.54) is 11.3 Å². The van der Waals surface area contributed by atoms with E-state index in [4.69, 9.17) is 15.2 Å². The standard InChI is InChI=1S/C24H27N5O4S/c1-14-21(34-24(27-14)15-6-8-18(32-2)19(11-15)33-3)23(31)28-17-7-9-20(26-12-17)29-10-4-5-16(13-29)22(25)30/h6-9,11-12,16H,4-5,10,13H2,1-3H3,(H2,25,30)(H,28,31). The molecule has 1 fully saturated rings. The zero-order valence-corrected chi connectivity index (χ0v) is 20.1. The molecule has 178 valence electrons. The molecule has 0 bridgehead atoms. The molecule has 1 aromatic carbocycles. The van der Waals surface area contributed by atoms with Crippen LogP contribution in [-0.4, -0.2) is 49.1 Å². The third-order valence-corrected chi connectivity index (χ3v) is 6.99. The number of hydrogen-bond donors (Lipinski definition) is 2. The number of carbonyl (C=O) groups excluding carboxylic acids is 2. The summed E-state index contributed by atoms with van der Waals surface area (Å²) in [5.74, 6) is 1.30. The molecule has 0 radical (unpaired) electrons. The summed E-state index contributed by atoms with van der Waals surface area (Å²) in [6.45, 7) is 3.19.